The molecule has 0 radical (unpaired) electrons. The minimum Gasteiger partial charge on any atom is -0.490 e. The van der Waals surface area contributed by atoms with Crippen molar-refractivity contribution >= 4 is 45.1 Å². The molecule has 0 aliphatic carbocycles. The van der Waals surface area contributed by atoms with Crippen molar-refractivity contribution < 1.29 is 9.47 Å². The molecule has 7 nitrogen and oxygen atoms in total. The van der Waals surface area contributed by atoms with Crippen LogP contribution in [0, 0.1) is 0 Å². The van der Waals surface area contributed by atoms with Crippen LogP contribution in [-0.2, 0) is 19.7 Å². The fraction of sp³-hybridized carbons (Fsp3) is 0.250. The maximum absolute atomic E-state index is 6.25. The van der Waals surface area contributed by atoms with Crippen molar-refractivity contribution in [3.8, 4) is 11.5 Å². The van der Waals surface area contributed by atoms with E-state index in [1.807, 2.05) is 25.1 Å². The summed E-state index contributed by atoms with van der Waals surface area (Å²) in [6.07, 6.45) is 1.73. The van der Waals surface area contributed by atoms with Crippen molar-refractivity contribution in [2.45, 2.75) is 26.6 Å². The molecule has 1 heterocycles. The van der Waals surface area contributed by atoms with Crippen LogP contribution in [0.15, 0.2) is 47.5 Å². The van der Waals surface area contributed by atoms with Crippen molar-refractivity contribution in [3.63, 3.8) is 0 Å². The van der Waals surface area contributed by atoms with Gasteiger partial charge >= 0.3 is 0 Å². The van der Waals surface area contributed by atoms with Gasteiger partial charge in [0.1, 0.15) is 6.61 Å². The van der Waals surface area contributed by atoms with E-state index in [0.717, 1.165) is 15.6 Å². The molecule has 0 spiro atoms. The van der Waals surface area contributed by atoms with E-state index in [0.29, 0.717) is 47.2 Å². The number of rotatable bonds is 10. The fourth-order valence-corrected chi connectivity index (χ4v) is 3.74. The van der Waals surface area contributed by atoms with Crippen molar-refractivity contribution in [1.29, 1.82) is 0 Å². The van der Waals surface area contributed by atoms with E-state index in [1.165, 1.54) is 0 Å². The second-order valence-corrected chi connectivity index (χ2v) is 7.89. The Balaban J connectivity index is 1.76. The molecule has 1 N–H and O–H groups in total. The quantitative estimate of drug-likeness (QED) is 0.360. The Morgan fingerprint density at radius 1 is 1.23 bits per heavy atom. The molecule has 0 aliphatic rings. The number of anilines is 1. The Hall–Kier alpha value is -2.29. The van der Waals surface area contributed by atoms with E-state index in [9.17, 15) is 0 Å². The van der Waals surface area contributed by atoms with E-state index in [-0.39, 0.29) is 6.61 Å². The lowest BCUT2D eigenvalue weighted by Crippen LogP contribution is -2.09. The van der Waals surface area contributed by atoms with E-state index < -0.39 is 0 Å². The van der Waals surface area contributed by atoms with Gasteiger partial charge in [-0.1, -0.05) is 40.4 Å². The van der Waals surface area contributed by atoms with Gasteiger partial charge in [0.2, 0.25) is 5.95 Å². The second-order valence-electron chi connectivity index (χ2n) is 6.19. The highest BCUT2D eigenvalue weighted by molar-refractivity contribution is 9.10. The smallest absolute Gasteiger partial charge is 0.243 e. The Kier molecular flexibility index (Phi) is 7.95. The maximum atomic E-state index is 6.25. The molecular weight excluding hydrogens is 493 g/mol. The minimum absolute atomic E-state index is 0.280. The van der Waals surface area contributed by atoms with Gasteiger partial charge in [0, 0.05) is 22.2 Å². The van der Waals surface area contributed by atoms with Gasteiger partial charge in [0.15, 0.2) is 11.5 Å². The molecule has 0 unspecified atom stereocenters. The third kappa shape index (κ3) is 5.65. The van der Waals surface area contributed by atoms with Crippen LogP contribution in [0.4, 0.5) is 5.95 Å². The lowest BCUT2D eigenvalue weighted by atomic mass is 10.2. The number of nitrogens with zero attached hydrogens (tertiary/aromatic N) is 4. The number of tetrazole rings is 1. The van der Waals surface area contributed by atoms with Crippen molar-refractivity contribution in [3.05, 3.63) is 68.6 Å². The number of benzene rings is 2. The molecule has 0 saturated heterocycles. The topological polar surface area (TPSA) is 74.1 Å². The highest BCUT2D eigenvalue weighted by atomic mass is 79.9. The lowest BCUT2D eigenvalue weighted by molar-refractivity contribution is 0.267. The molecule has 0 fully saturated rings. The van der Waals surface area contributed by atoms with E-state index in [4.69, 9.17) is 32.7 Å². The van der Waals surface area contributed by atoms with Gasteiger partial charge in [0.05, 0.1) is 17.6 Å². The zero-order valence-electron chi connectivity index (χ0n) is 16.2. The van der Waals surface area contributed by atoms with Gasteiger partial charge in [-0.2, -0.15) is 0 Å². The van der Waals surface area contributed by atoms with Crippen LogP contribution >= 0.6 is 39.1 Å². The van der Waals surface area contributed by atoms with Crippen LogP contribution in [0.5, 0.6) is 11.5 Å². The molecule has 158 valence electrons. The van der Waals surface area contributed by atoms with E-state index in [1.54, 1.807) is 22.9 Å². The summed E-state index contributed by atoms with van der Waals surface area (Å²) in [4.78, 5) is 0. The fourth-order valence-electron chi connectivity index (χ4n) is 2.67. The number of ether oxygens (including phenoxy) is 2. The van der Waals surface area contributed by atoms with Crippen LogP contribution in [0.1, 0.15) is 18.1 Å². The van der Waals surface area contributed by atoms with Crippen LogP contribution in [-0.4, -0.2) is 26.8 Å². The standard InChI is InChI=1S/C20H20BrCl2N5O2/c1-3-7-28-20(25-26-27-28)24-11-13-8-16(21)19(18(9-13)29-4-2)30-12-14-5-6-15(22)10-17(14)23/h3,5-6,8-10H,1,4,7,11-12H2,2H3,(H,24,25,27). The van der Waals surface area contributed by atoms with Crippen molar-refractivity contribution in [2.24, 2.45) is 0 Å². The van der Waals surface area contributed by atoms with Crippen molar-refractivity contribution in [2.75, 3.05) is 11.9 Å². The summed E-state index contributed by atoms with van der Waals surface area (Å²) in [7, 11) is 0. The summed E-state index contributed by atoms with van der Waals surface area (Å²) in [5, 5.41) is 15.9. The molecule has 3 aromatic rings. The predicted octanol–water partition coefficient (Wildman–Crippen LogP) is 5.52. The van der Waals surface area contributed by atoms with Crippen molar-refractivity contribution in [1.82, 2.24) is 20.2 Å². The molecule has 0 aliphatic heterocycles. The number of halogens is 3. The normalized spacial score (nSPS) is 10.7. The molecule has 30 heavy (non-hydrogen) atoms. The summed E-state index contributed by atoms with van der Waals surface area (Å²) in [5.74, 6) is 1.78. The lowest BCUT2D eigenvalue weighted by Gasteiger charge is -2.16. The third-order valence-corrected chi connectivity index (χ3v) is 5.22. The summed E-state index contributed by atoms with van der Waals surface area (Å²) in [5.41, 5.74) is 1.80. The first-order chi connectivity index (χ1) is 14.5. The summed E-state index contributed by atoms with van der Waals surface area (Å²) >= 11 is 15.8. The number of nitrogens with one attached hydrogen (secondary N) is 1. The molecule has 0 bridgehead atoms. The van der Waals surface area contributed by atoms with E-state index >= 15 is 0 Å². The third-order valence-electron chi connectivity index (χ3n) is 4.04. The molecule has 10 heteroatoms. The summed E-state index contributed by atoms with van der Waals surface area (Å²) in [6, 6.07) is 9.18. The van der Waals surface area contributed by atoms with Gasteiger partial charge in [-0.15, -0.1) is 6.58 Å². The Morgan fingerprint density at radius 3 is 2.80 bits per heavy atom. The molecule has 3 rings (SSSR count). The van der Waals surface area contributed by atoms with Gasteiger partial charge in [-0.05, 0) is 63.1 Å². The Morgan fingerprint density at radius 2 is 2.07 bits per heavy atom. The Bertz CT molecular complexity index is 1030. The molecule has 0 saturated carbocycles. The average molecular weight is 513 g/mol. The zero-order valence-corrected chi connectivity index (χ0v) is 19.3. The van der Waals surface area contributed by atoms with Crippen LogP contribution in [0.2, 0.25) is 10.0 Å². The van der Waals surface area contributed by atoms with Crippen LogP contribution in [0.25, 0.3) is 0 Å². The largest absolute Gasteiger partial charge is 0.490 e. The molecular formula is C20H20BrCl2N5O2. The summed E-state index contributed by atoms with van der Waals surface area (Å²) in [6.45, 7) is 7.42. The molecule has 0 amide bonds. The first-order valence-electron chi connectivity index (χ1n) is 9.14. The first-order valence-corrected chi connectivity index (χ1v) is 10.7. The predicted molar refractivity (Wildman–Crippen MR) is 121 cm³/mol. The monoisotopic (exact) mass is 511 g/mol. The number of allylic oxidation sites excluding steroid dienone is 1. The highest BCUT2D eigenvalue weighted by Crippen LogP contribution is 2.38. The van der Waals surface area contributed by atoms with Crippen LogP contribution < -0.4 is 14.8 Å². The molecule has 0 atom stereocenters. The SMILES string of the molecule is C=CCn1nnnc1NCc1cc(Br)c(OCc2ccc(Cl)cc2Cl)c(OCC)c1. The van der Waals surface area contributed by atoms with E-state index in [2.05, 4.69) is 43.4 Å². The highest BCUT2D eigenvalue weighted by Gasteiger charge is 2.14. The van der Waals surface area contributed by atoms with Crippen LogP contribution in [0.3, 0.4) is 0 Å². The second kappa shape index (κ2) is 10.7. The van der Waals surface area contributed by atoms with Gasteiger partial charge in [-0.25, -0.2) is 4.68 Å². The molecule has 2 aromatic carbocycles. The van der Waals surface area contributed by atoms with Gasteiger partial charge in [-0.3, -0.25) is 0 Å². The first kappa shape index (κ1) is 22.4. The average Bonchev–Trinajstić information content (AvgIpc) is 3.15. The molecule has 1 aromatic heterocycles. The van der Waals surface area contributed by atoms with Gasteiger partial charge < -0.3 is 14.8 Å². The maximum Gasteiger partial charge on any atom is 0.243 e. The number of aromatic nitrogens is 4. The summed E-state index contributed by atoms with van der Waals surface area (Å²) < 4.78 is 14.2. The number of hydrogen-bond donors (Lipinski definition) is 1. The van der Waals surface area contributed by atoms with Gasteiger partial charge in [0.25, 0.3) is 0 Å². The Labute approximate surface area is 193 Å². The minimum atomic E-state index is 0.280. The number of hydrogen-bond acceptors (Lipinski definition) is 6. The zero-order chi connectivity index (χ0) is 21.5.